The zero-order valence-corrected chi connectivity index (χ0v) is 31.4. The van der Waals surface area contributed by atoms with E-state index in [1.807, 2.05) is 96.9 Å². The molecule has 0 spiro atoms. The number of ether oxygens (including phenoxy) is 1. The number of rotatable bonds is 17. The third-order valence-corrected chi connectivity index (χ3v) is 9.56. The molecule has 276 valence electrons. The molecule has 1 aliphatic heterocycles. The van der Waals surface area contributed by atoms with Crippen molar-refractivity contribution in [2.75, 3.05) is 71.9 Å². The molecule has 1 aliphatic rings. The van der Waals surface area contributed by atoms with E-state index in [1.165, 1.54) is 0 Å². The third kappa shape index (κ3) is 11.0. The van der Waals surface area contributed by atoms with Gasteiger partial charge in [0.1, 0.15) is 11.8 Å². The highest BCUT2D eigenvalue weighted by atomic mass is 16.5. The predicted octanol–water partition coefficient (Wildman–Crippen LogP) is 7.33. The standard InChI is InChI=1S/C41H58N6O4/c1-6-8-18-26-44(27-19-9-7-2)40(49)45-30-31-46(41(50)47(35-21-12-10-13-22-35)36-23-14-11-15-24-36)37(33-45)39(48)43(4)29-28-42(3)32-34-20-16-17-25-38(34)51-5/h10-17,20-25,37H,6-9,18-19,26-33H2,1-5H3. The van der Waals surface area contributed by atoms with E-state index in [9.17, 15) is 14.4 Å². The lowest BCUT2D eigenvalue weighted by atomic mass is 10.1. The number of hydrogen-bond donors (Lipinski definition) is 0. The predicted molar refractivity (Wildman–Crippen MR) is 205 cm³/mol. The molecule has 3 aromatic carbocycles. The lowest BCUT2D eigenvalue weighted by molar-refractivity contribution is -0.136. The summed E-state index contributed by atoms with van der Waals surface area (Å²) in [7, 11) is 5.48. The Hall–Kier alpha value is -4.57. The molecule has 10 heteroatoms. The van der Waals surface area contributed by atoms with E-state index in [0.717, 1.165) is 49.8 Å². The Balaban J connectivity index is 1.58. The highest BCUT2D eigenvalue weighted by Crippen LogP contribution is 2.29. The van der Waals surface area contributed by atoms with Gasteiger partial charge in [-0.25, -0.2) is 9.59 Å². The Morgan fingerprint density at radius 1 is 0.706 bits per heavy atom. The van der Waals surface area contributed by atoms with Gasteiger partial charge in [-0.15, -0.1) is 0 Å². The number of nitrogens with zero attached hydrogens (tertiary/aromatic N) is 6. The number of benzene rings is 3. The van der Waals surface area contributed by atoms with E-state index in [0.29, 0.717) is 50.6 Å². The number of anilines is 2. The minimum Gasteiger partial charge on any atom is -0.496 e. The molecular formula is C41H58N6O4. The average molecular weight is 699 g/mol. The fourth-order valence-corrected chi connectivity index (χ4v) is 6.55. The molecule has 3 aromatic rings. The molecule has 10 nitrogen and oxygen atoms in total. The zero-order chi connectivity index (χ0) is 36.6. The number of hydrogen-bond acceptors (Lipinski definition) is 5. The third-order valence-electron chi connectivity index (χ3n) is 9.56. The first-order valence-electron chi connectivity index (χ1n) is 18.6. The highest BCUT2D eigenvalue weighted by Gasteiger charge is 2.41. The van der Waals surface area contributed by atoms with Gasteiger partial charge in [-0.1, -0.05) is 94.1 Å². The van der Waals surface area contributed by atoms with Crippen LogP contribution in [0.15, 0.2) is 84.9 Å². The Bertz CT molecular complexity index is 1460. The number of unbranched alkanes of at least 4 members (excludes halogenated alkanes) is 4. The van der Waals surface area contributed by atoms with Crippen LogP contribution in [-0.4, -0.2) is 116 Å². The summed E-state index contributed by atoms with van der Waals surface area (Å²) in [4.78, 5) is 54.2. The van der Waals surface area contributed by atoms with Gasteiger partial charge < -0.3 is 29.2 Å². The summed E-state index contributed by atoms with van der Waals surface area (Å²) in [5.74, 6) is 0.644. The minimum absolute atomic E-state index is 0.0470. The second kappa shape index (κ2) is 20.3. The Labute approximate surface area is 305 Å². The van der Waals surface area contributed by atoms with E-state index < -0.39 is 6.04 Å². The van der Waals surface area contributed by atoms with Crippen molar-refractivity contribution < 1.29 is 19.1 Å². The molecular weight excluding hydrogens is 640 g/mol. The summed E-state index contributed by atoms with van der Waals surface area (Å²) in [6.07, 6.45) is 6.17. The van der Waals surface area contributed by atoms with Gasteiger partial charge in [-0.05, 0) is 50.2 Å². The summed E-state index contributed by atoms with van der Waals surface area (Å²) < 4.78 is 5.54. The highest BCUT2D eigenvalue weighted by molar-refractivity contribution is 6.01. The van der Waals surface area contributed by atoms with Crippen molar-refractivity contribution >= 4 is 29.3 Å². The number of likely N-dealkylation sites (N-methyl/N-ethyl adjacent to an activating group) is 2. The number of amides is 5. The Morgan fingerprint density at radius 2 is 1.27 bits per heavy atom. The molecule has 0 aromatic heterocycles. The van der Waals surface area contributed by atoms with Crippen molar-refractivity contribution in [1.29, 1.82) is 0 Å². The number of urea groups is 2. The van der Waals surface area contributed by atoms with E-state index >= 15 is 0 Å². The van der Waals surface area contributed by atoms with Gasteiger partial charge in [0, 0.05) is 58.4 Å². The molecule has 1 heterocycles. The van der Waals surface area contributed by atoms with E-state index in [2.05, 4.69) is 18.7 Å². The van der Waals surface area contributed by atoms with Crippen molar-refractivity contribution in [3.8, 4) is 5.75 Å². The van der Waals surface area contributed by atoms with Crippen LogP contribution in [0, 0.1) is 0 Å². The van der Waals surface area contributed by atoms with Crippen LogP contribution < -0.4 is 9.64 Å². The van der Waals surface area contributed by atoms with Crippen molar-refractivity contribution in [3.05, 3.63) is 90.5 Å². The van der Waals surface area contributed by atoms with Crippen LogP contribution in [0.5, 0.6) is 5.75 Å². The van der Waals surface area contributed by atoms with Gasteiger partial charge in [0.15, 0.2) is 0 Å². The maximum Gasteiger partial charge on any atom is 0.329 e. The van der Waals surface area contributed by atoms with Crippen LogP contribution >= 0.6 is 0 Å². The first-order valence-corrected chi connectivity index (χ1v) is 18.6. The molecule has 51 heavy (non-hydrogen) atoms. The van der Waals surface area contributed by atoms with E-state index in [1.54, 1.807) is 33.8 Å². The maximum absolute atomic E-state index is 14.7. The summed E-state index contributed by atoms with van der Waals surface area (Å²) >= 11 is 0. The van der Waals surface area contributed by atoms with Gasteiger partial charge >= 0.3 is 12.1 Å². The molecule has 1 atom stereocenters. The maximum atomic E-state index is 14.7. The van der Waals surface area contributed by atoms with Crippen LogP contribution in [-0.2, 0) is 11.3 Å². The van der Waals surface area contributed by atoms with Gasteiger partial charge in [0.2, 0.25) is 5.91 Å². The topological polar surface area (TPSA) is 79.9 Å². The van der Waals surface area contributed by atoms with Gasteiger partial charge in [0.25, 0.3) is 0 Å². The summed E-state index contributed by atoms with van der Waals surface area (Å²) in [6.45, 7) is 8.20. The van der Waals surface area contributed by atoms with Crippen LogP contribution in [0.25, 0.3) is 0 Å². The largest absolute Gasteiger partial charge is 0.496 e. The first kappa shape index (κ1) is 39.2. The van der Waals surface area contributed by atoms with Crippen molar-refractivity contribution in [1.82, 2.24) is 24.5 Å². The van der Waals surface area contributed by atoms with Crippen LogP contribution in [0.2, 0.25) is 0 Å². The van der Waals surface area contributed by atoms with Crippen LogP contribution in [0.3, 0.4) is 0 Å². The number of para-hydroxylation sites is 3. The summed E-state index contributed by atoms with van der Waals surface area (Å²) in [6, 6.07) is 25.8. The Kier molecular flexibility index (Phi) is 15.6. The average Bonchev–Trinajstić information content (AvgIpc) is 3.16. The fourth-order valence-electron chi connectivity index (χ4n) is 6.55. The monoisotopic (exact) mass is 698 g/mol. The lowest BCUT2D eigenvalue weighted by Gasteiger charge is -2.44. The molecule has 0 radical (unpaired) electrons. The molecule has 0 bridgehead atoms. The second-order valence-electron chi connectivity index (χ2n) is 13.4. The van der Waals surface area contributed by atoms with Crippen molar-refractivity contribution in [3.63, 3.8) is 0 Å². The van der Waals surface area contributed by atoms with Gasteiger partial charge in [-0.3, -0.25) is 9.69 Å². The fraction of sp³-hybridized carbons (Fsp3) is 0.488. The van der Waals surface area contributed by atoms with E-state index in [4.69, 9.17) is 4.74 Å². The van der Waals surface area contributed by atoms with Gasteiger partial charge in [0.05, 0.1) is 25.0 Å². The zero-order valence-electron chi connectivity index (χ0n) is 31.4. The minimum atomic E-state index is -0.845. The SMILES string of the molecule is CCCCCN(CCCCC)C(=O)N1CCN(C(=O)N(c2ccccc2)c2ccccc2)C(C(=O)N(C)CCN(C)Cc2ccccc2OC)C1. The molecule has 0 saturated carbocycles. The van der Waals surface area contributed by atoms with E-state index in [-0.39, 0.29) is 31.1 Å². The number of carbonyl (C=O) groups is 3. The Morgan fingerprint density at radius 3 is 1.84 bits per heavy atom. The smallest absolute Gasteiger partial charge is 0.329 e. The lowest BCUT2D eigenvalue weighted by Crippen LogP contribution is -2.64. The van der Waals surface area contributed by atoms with Crippen molar-refractivity contribution in [2.45, 2.75) is 65.0 Å². The number of methoxy groups -OCH3 is 1. The molecule has 1 unspecified atom stereocenters. The second-order valence-corrected chi connectivity index (χ2v) is 13.4. The molecule has 4 rings (SSSR count). The molecule has 0 aliphatic carbocycles. The van der Waals surface area contributed by atoms with Gasteiger partial charge in [-0.2, -0.15) is 0 Å². The summed E-state index contributed by atoms with van der Waals surface area (Å²) in [5, 5.41) is 0. The number of carbonyl (C=O) groups excluding carboxylic acids is 3. The molecule has 5 amide bonds. The molecule has 1 fully saturated rings. The summed E-state index contributed by atoms with van der Waals surface area (Å²) in [5.41, 5.74) is 2.49. The normalized spacial score (nSPS) is 14.4. The molecule has 1 saturated heterocycles. The quantitative estimate of drug-likeness (QED) is 0.138. The van der Waals surface area contributed by atoms with Crippen LogP contribution in [0.4, 0.5) is 21.0 Å². The van der Waals surface area contributed by atoms with Crippen LogP contribution in [0.1, 0.15) is 57.9 Å². The first-order chi connectivity index (χ1) is 24.8. The van der Waals surface area contributed by atoms with Crippen molar-refractivity contribution in [2.24, 2.45) is 0 Å². The number of piperazine rings is 1. The molecule has 0 N–H and O–H groups in total.